The lowest BCUT2D eigenvalue weighted by Gasteiger charge is -1.96. The van der Waals surface area contributed by atoms with Crippen LogP contribution >= 0.6 is 0 Å². The number of hydrogen-bond donors (Lipinski definition) is 1. The fraction of sp³-hybridized carbons (Fsp3) is 0.556. The summed E-state index contributed by atoms with van der Waals surface area (Å²) in [5.74, 6) is 1.15. The molecular weight excluding hydrogens is 208 g/mol. The SMILES string of the molecule is CCc1nnc(Cn2cc(C(C)N)nn2)o1. The quantitative estimate of drug-likeness (QED) is 0.798. The van der Waals surface area contributed by atoms with E-state index in [0.717, 1.165) is 12.1 Å². The normalized spacial score (nSPS) is 12.9. The molecule has 2 rings (SSSR count). The number of nitrogens with zero attached hydrogens (tertiary/aromatic N) is 5. The molecule has 0 aromatic carbocycles. The van der Waals surface area contributed by atoms with Crippen molar-refractivity contribution in [3.05, 3.63) is 23.7 Å². The van der Waals surface area contributed by atoms with Gasteiger partial charge in [-0.1, -0.05) is 12.1 Å². The van der Waals surface area contributed by atoms with Crippen LogP contribution in [0.3, 0.4) is 0 Å². The molecule has 1 atom stereocenters. The summed E-state index contributed by atoms with van der Waals surface area (Å²) in [4.78, 5) is 0. The summed E-state index contributed by atoms with van der Waals surface area (Å²) in [5, 5.41) is 15.6. The molecule has 7 heteroatoms. The Labute approximate surface area is 92.7 Å². The van der Waals surface area contributed by atoms with Crippen molar-refractivity contribution in [2.45, 2.75) is 32.9 Å². The van der Waals surface area contributed by atoms with Gasteiger partial charge in [0.2, 0.25) is 11.8 Å². The fourth-order valence-electron chi connectivity index (χ4n) is 1.23. The van der Waals surface area contributed by atoms with Crippen molar-refractivity contribution in [1.29, 1.82) is 0 Å². The van der Waals surface area contributed by atoms with Crippen molar-refractivity contribution < 1.29 is 4.42 Å². The Bertz CT molecular complexity index is 460. The van der Waals surface area contributed by atoms with E-state index >= 15 is 0 Å². The molecule has 0 bridgehead atoms. The van der Waals surface area contributed by atoms with Gasteiger partial charge in [0.05, 0.1) is 11.9 Å². The fourth-order valence-corrected chi connectivity index (χ4v) is 1.23. The van der Waals surface area contributed by atoms with Crippen LogP contribution in [-0.2, 0) is 13.0 Å². The third-order valence-electron chi connectivity index (χ3n) is 2.13. The molecule has 7 nitrogen and oxygen atoms in total. The van der Waals surface area contributed by atoms with Crippen LogP contribution in [0.4, 0.5) is 0 Å². The monoisotopic (exact) mass is 222 g/mol. The van der Waals surface area contributed by atoms with Crippen LogP contribution in [0.1, 0.15) is 37.4 Å². The van der Waals surface area contributed by atoms with Gasteiger partial charge >= 0.3 is 0 Å². The molecule has 2 heterocycles. The predicted octanol–water partition coefficient (Wildman–Crippen LogP) is 0.291. The van der Waals surface area contributed by atoms with Crippen molar-refractivity contribution in [2.75, 3.05) is 0 Å². The molecule has 0 fully saturated rings. The zero-order chi connectivity index (χ0) is 11.5. The van der Waals surface area contributed by atoms with E-state index in [-0.39, 0.29) is 6.04 Å². The second-order valence-electron chi connectivity index (χ2n) is 3.57. The third kappa shape index (κ3) is 2.25. The maximum Gasteiger partial charge on any atom is 0.237 e. The Morgan fingerprint density at radius 1 is 1.38 bits per heavy atom. The van der Waals surface area contributed by atoms with Crippen LogP contribution in [0.15, 0.2) is 10.6 Å². The van der Waals surface area contributed by atoms with Crippen LogP contribution in [0, 0.1) is 0 Å². The summed E-state index contributed by atoms with van der Waals surface area (Å²) in [6.07, 6.45) is 2.51. The van der Waals surface area contributed by atoms with Crippen molar-refractivity contribution in [1.82, 2.24) is 25.2 Å². The Morgan fingerprint density at radius 3 is 2.69 bits per heavy atom. The molecule has 0 saturated heterocycles. The number of aryl methyl sites for hydroxylation is 1. The van der Waals surface area contributed by atoms with E-state index in [1.165, 1.54) is 0 Å². The standard InChI is InChI=1S/C9H14N6O/c1-3-8-12-13-9(16-8)5-15-4-7(6(2)10)11-14-15/h4,6H,3,5,10H2,1-2H3. The molecular formula is C9H14N6O. The van der Waals surface area contributed by atoms with E-state index in [9.17, 15) is 0 Å². The van der Waals surface area contributed by atoms with Crippen molar-refractivity contribution in [3.63, 3.8) is 0 Å². The first-order valence-electron chi connectivity index (χ1n) is 5.16. The maximum absolute atomic E-state index is 5.68. The number of aromatic nitrogens is 5. The first-order valence-corrected chi connectivity index (χ1v) is 5.16. The van der Waals surface area contributed by atoms with Crippen LogP contribution in [0.2, 0.25) is 0 Å². The largest absolute Gasteiger partial charge is 0.423 e. The van der Waals surface area contributed by atoms with Gasteiger partial charge in [-0.3, -0.25) is 0 Å². The van der Waals surface area contributed by atoms with Gasteiger partial charge in [0.15, 0.2) is 0 Å². The number of nitrogens with two attached hydrogens (primary N) is 1. The molecule has 0 aliphatic carbocycles. The molecule has 0 radical (unpaired) electrons. The maximum atomic E-state index is 5.68. The minimum Gasteiger partial charge on any atom is -0.423 e. The highest BCUT2D eigenvalue weighted by Gasteiger charge is 2.09. The molecule has 0 aliphatic rings. The van der Waals surface area contributed by atoms with Gasteiger partial charge in [0.1, 0.15) is 6.54 Å². The molecule has 16 heavy (non-hydrogen) atoms. The predicted molar refractivity (Wildman–Crippen MR) is 55.4 cm³/mol. The van der Waals surface area contributed by atoms with E-state index in [1.807, 2.05) is 13.8 Å². The van der Waals surface area contributed by atoms with Crippen LogP contribution in [0.5, 0.6) is 0 Å². The molecule has 86 valence electrons. The summed E-state index contributed by atoms with van der Waals surface area (Å²) in [7, 11) is 0. The summed E-state index contributed by atoms with van der Waals surface area (Å²) in [6.45, 7) is 4.24. The van der Waals surface area contributed by atoms with Gasteiger partial charge in [-0.25, -0.2) is 4.68 Å². The van der Waals surface area contributed by atoms with E-state index in [1.54, 1.807) is 10.9 Å². The molecule has 1 unspecified atom stereocenters. The Kier molecular flexibility index (Phi) is 2.95. The average Bonchev–Trinajstić information content (AvgIpc) is 2.87. The van der Waals surface area contributed by atoms with Gasteiger partial charge in [0.25, 0.3) is 0 Å². The molecule has 0 spiro atoms. The van der Waals surface area contributed by atoms with E-state index in [2.05, 4.69) is 20.5 Å². The molecule has 2 aromatic rings. The molecule has 2 aromatic heterocycles. The van der Waals surface area contributed by atoms with Crippen LogP contribution in [0.25, 0.3) is 0 Å². The summed E-state index contributed by atoms with van der Waals surface area (Å²) in [6, 6.07) is -0.123. The van der Waals surface area contributed by atoms with Crippen LogP contribution in [-0.4, -0.2) is 25.2 Å². The second kappa shape index (κ2) is 4.40. The Balaban J connectivity index is 2.08. The first kappa shape index (κ1) is 10.7. The van der Waals surface area contributed by atoms with E-state index < -0.39 is 0 Å². The molecule has 0 saturated carbocycles. The van der Waals surface area contributed by atoms with Gasteiger partial charge < -0.3 is 10.2 Å². The van der Waals surface area contributed by atoms with Crippen LogP contribution < -0.4 is 5.73 Å². The van der Waals surface area contributed by atoms with Gasteiger partial charge in [-0.2, -0.15) is 0 Å². The summed E-state index contributed by atoms with van der Waals surface area (Å²) < 4.78 is 6.99. The van der Waals surface area contributed by atoms with E-state index in [4.69, 9.17) is 10.2 Å². The minimum atomic E-state index is -0.123. The highest BCUT2D eigenvalue weighted by Crippen LogP contribution is 2.06. The summed E-state index contributed by atoms with van der Waals surface area (Å²) >= 11 is 0. The average molecular weight is 222 g/mol. The van der Waals surface area contributed by atoms with Crippen molar-refractivity contribution in [3.8, 4) is 0 Å². The highest BCUT2D eigenvalue weighted by molar-refractivity contribution is 4.98. The number of hydrogen-bond acceptors (Lipinski definition) is 6. The minimum absolute atomic E-state index is 0.123. The van der Waals surface area contributed by atoms with Crippen molar-refractivity contribution >= 4 is 0 Å². The van der Waals surface area contributed by atoms with Gasteiger partial charge in [-0.15, -0.1) is 15.3 Å². The third-order valence-corrected chi connectivity index (χ3v) is 2.13. The Morgan fingerprint density at radius 2 is 2.12 bits per heavy atom. The summed E-state index contributed by atoms with van der Waals surface area (Å²) in [5.41, 5.74) is 6.42. The smallest absolute Gasteiger partial charge is 0.237 e. The zero-order valence-corrected chi connectivity index (χ0v) is 9.29. The molecule has 2 N–H and O–H groups in total. The number of rotatable bonds is 4. The van der Waals surface area contributed by atoms with E-state index in [0.29, 0.717) is 18.3 Å². The zero-order valence-electron chi connectivity index (χ0n) is 9.29. The van der Waals surface area contributed by atoms with Gasteiger partial charge in [0, 0.05) is 12.5 Å². The Hall–Kier alpha value is -1.76. The highest BCUT2D eigenvalue weighted by atomic mass is 16.4. The molecule has 0 amide bonds. The second-order valence-corrected chi connectivity index (χ2v) is 3.57. The lowest BCUT2D eigenvalue weighted by Crippen LogP contribution is -2.05. The topological polar surface area (TPSA) is 95.7 Å². The first-order chi connectivity index (χ1) is 7.69. The lowest BCUT2D eigenvalue weighted by atomic mass is 10.3. The van der Waals surface area contributed by atoms with Crippen molar-refractivity contribution in [2.24, 2.45) is 5.73 Å². The molecule has 0 aliphatic heterocycles. The van der Waals surface area contributed by atoms with Gasteiger partial charge in [-0.05, 0) is 6.92 Å². The lowest BCUT2D eigenvalue weighted by molar-refractivity contribution is 0.430.